The van der Waals surface area contributed by atoms with E-state index in [1.165, 1.54) is 13.5 Å². The smallest absolute Gasteiger partial charge is 0.183 e. The van der Waals surface area contributed by atoms with Crippen LogP contribution in [0.15, 0.2) is 0 Å². The van der Waals surface area contributed by atoms with Gasteiger partial charge in [-0.3, -0.25) is 0 Å². The summed E-state index contributed by atoms with van der Waals surface area (Å²) in [5, 5.41) is 26.9. The highest BCUT2D eigenvalue weighted by molar-refractivity contribution is 4.96. The molecule has 4 atom stereocenters. The normalized spacial score (nSPS) is 38.5. The van der Waals surface area contributed by atoms with Gasteiger partial charge in [-0.15, -0.1) is 0 Å². The van der Waals surface area contributed by atoms with Gasteiger partial charge < -0.3 is 24.8 Å². The molecule has 71 valence electrons. The summed E-state index contributed by atoms with van der Waals surface area (Å²) in [6, 6.07) is 0. The number of methoxy groups -OCH3 is 1. The molecule has 1 saturated heterocycles. The van der Waals surface area contributed by atoms with Crippen LogP contribution >= 0.6 is 0 Å². The molecule has 0 aromatic carbocycles. The second-order valence-corrected chi connectivity index (χ2v) is 2.64. The van der Waals surface area contributed by atoms with Crippen molar-refractivity contribution in [1.82, 2.24) is 0 Å². The lowest BCUT2D eigenvalue weighted by Crippen LogP contribution is -2.30. The maximum atomic E-state index is 9.21. The summed E-state index contributed by atoms with van der Waals surface area (Å²) >= 11 is 0. The van der Waals surface area contributed by atoms with Crippen molar-refractivity contribution >= 4 is 0 Å². The number of aliphatic hydroxyl groups is 3. The molecule has 1 aliphatic rings. The molecule has 5 nitrogen and oxygen atoms in total. The molecule has 1 heterocycles. The second kappa shape index (κ2) is 4.15. The molecular formula is C7H13O5. The molecule has 1 rings (SSSR count). The minimum absolute atomic E-state index is 0.398. The van der Waals surface area contributed by atoms with Crippen molar-refractivity contribution in [2.24, 2.45) is 0 Å². The average Bonchev–Trinajstić information content (AvgIpc) is 2.45. The van der Waals surface area contributed by atoms with Gasteiger partial charge in [0.15, 0.2) is 6.29 Å². The lowest BCUT2D eigenvalue weighted by Gasteiger charge is -2.15. The van der Waals surface area contributed by atoms with Crippen LogP contribution in [0.2, 0.25) is 0 Å². The first-order chi connectivity index (χ1) is 5.69. The third-order valence-electron chi connectivity index (χ3n) is 1.76. The highest BCUT2D eigenvalue weighted by Crippen LogP contribution is 2.21. The third-order valence-corrected chi connectivity index (χ3v) is 1.76. The Hall–Kier alpha value is -0.200. The third kappa shape index (κ3) is 1.94. The van der Waals surface area contributed by atoms with Crippen LogP contribution in [-0.4, -0.2) is 53.6 Å². The largest absolute Gasteiger partial charge is 0.394 e. The number of rotatable bonds is 3. The van der Waals surface area contributed by atoms with Gasteiger partial charge in [0.1, 0.15) is 12.2 Å². The number of hydrogen-bond donors (Lipinski definition) is 3. The van der Waals surface area contributed by atoms with Gasteiger partial charge >= 0.3 is 0 Å². The van der Waals surface area contributed by atoms with Crippen LogP contribution < -0.4 is 0 Å². The van der Waals surface area contributed by atoms with Crippen LogP contribution in [0, 0.1) is 6.42 Å². The average molecular weight is 177 g/mol. The Kier molecular flexibility index (Phi) is 3.42. The zero-order valence-electron chi connectivity index (χ0n) is 6.75. The molecule has 1 unspecified atom stereocenters. The zero-order valence-corrected chi connectivity index (χ0v) is 6.75. The maximum Gasteiger partial charge on any atom is 0.183 e. The first kappa shape index (κ1) is 9.88. The fraction of sp³-hybridized carbons (Fsp3) is 0.857. The monoisotopic (exact) mass is 177 g/mol. The van der Waals surface area contributed by atoms with Crippen LogP contribution in [0.3, 0.4) is 0 Å². The molecule has 0 bridgehead atoms. The molecule has 0 aromatic heterocycles. The van der Waals surface area contributed by atoms with Gasteiger partial charge in [0.05, 0.1) is 12.7 Å². The highest BCUT2D eigenvalue weighted by Gasteiger charge is 2.37. The van der Waals surface area contributed by atoms with Crippen LogP contribution in [0.4, 0.5) is 0 Å². The van der Waals surface area contributed by atoms with Crippen molar-refractivity contribution in [1.29, 1.82) is 0 Å². The summed E-state index contributed by atoms with van der Waals surface area (Å²) in [6.07, 6.45) is -1.85. The fourth-order valence-electron chi connectivity index (χ4n) is 1.08. The molecule has 1 fully saturated rings. The Bertz CT molecular complexity index is 140. The molecule has 0 spiro atoms. The zero-order chi connectivity index (χ0) is 9.14. The summed E-state index contributed by atoms with van der Waals surface area (Å²) in [6.45, 7) is -0.398. The van der Waals surface area contributed by atoms with Crippen LogP contribution in [0.25, 0.3) is 0 Å². The van der Waals surface area contributed by atoms with Gasteiger partial charge in [-0.05, 0) is 0 Å². The van der Waals surface area contributed by atoms with E-state index in [1.807, 2.05) is 0 Å². The van der Waals surface area contributed by atoms with Gasteiger partial charge in [0.2, 0.25) is 0 Å². The van der Waals surface area contributed by atoms with Crippen molar-refractivity contribution < 1.29 is 24.8 Å². The van der Waals surface area contributed by atoms with E-state index in [0.717, 1.165) is 0 Å². The van der Waals surface area contributed by atoms with E-state index < -0.39 is 31.2 Å². The van der Waals surface area contributed by atoms with Gasteiger partial charge in [0.25, 0.3) is 0 Å². The van der Waals surface area contributed by atoms with Crippen molar-refractivity contribution in [3.8, 4) is 0 Å². The summed E-state index contributed by atoms with van der Waals surface area (Å²) < 4.78 is 9.79. The molecule has 12 heavy (non-hydrogen) atoms. The van der Waals surface area contributed by atoms with Gasteiger partial charge in [-0.2, -0.15) is 0 Å². The maximum absolute atomic E-state index is 9.21. The van der Waals surface area contributed by atoms with Gasteiger partial charge in [-0.1, -0.05) is 0 Å². The molecule has 1 aliphatic heterocycles. The van der Waals surface area contributed by atoms with E-state index >= 15 is 0 Å². The Labute approximate surface area is 70.5 Å². The van der Waals surface area contributed by atoms with E-state index in [0.29, 0.717) is 0 Å². The summed E-state index contributed by atoms with van der Waals surface area (Å²) in [5.41, 5.74) is 0. The van der Waals surface area contributed by atoms with Crippen molar-refractivity contribution in [3.63, 3.8) is 0 Å². The van der Waals surface area contributed by atoms with Crippen molar-refractivity contribution in [3.05, 3.63) is 6.42 Å². The fourth-order valence-corrected chi connectivity index (χ4v) is 1.08. The van der Waals surface area contributed by atoms with E-state index in [9.17, 15) is 5.11 Å². The highest BCUT2D eigenvalue weighted by atomic mass is 16.7. The Morgan fingerprint density at radius 2 is 2.33 bits per heavy atom. The van der Waals surface area contributed by atoms with Crippen LogP contribution in [0.1, 0.15) is 0 Å². The summed E-state index contributed by atoms with van der Waals surface area (Å²) in [5.74, 6) is 0. The topological polar surface area (TPSA) is 79.2 Å². The minimum atomic E-state index is -1.00. The van der Waals surface area contributed by atoms with Crippen LogP contribution in [-0.2, 0) is 9.47 Å². The molecule has 0 aliphatic carbocycles. The standard InChI is InChI=1S/C7H13O5/c1-11-7-4(9)2-6(12-7)5(10)3-8/h2,4-10H,3H2,1H3/t4-,5-,6-,7?/m1/s1. The second-order valence-electron chi connectivity index (χ2n) is 2.64. The number of ether oxygens (including phenoxy) is 2. The first-order valence-electron chi connectivity index (χ1n) is 3.69. The van der Waals surface area contributed by atoms with Crippen molar-refractivity contribution in [2.75, 3.05) is 13.7 Å². The molecule has 3 N–H and O–H groups in total. The molecular weight excluding hydrogens is 164 g/mol. The number of aliphatic hydroxyl groups excluding tert-OH is 3. The SMILES string of the molecule is COC1O[C@@H]([C@H](O)CO)[CH][C@H]1O. The molecule has 0 aromatic rings. The Balaban J connectivity index is 2.42. The van der Waals surface area contributed by atoms with E-state index in [1.54, 1.807) is 0 Å². The Morgan fingerprint density at radius 1 is 1.67 bits per heavy atom. The molecule has 0 saturated carbocycles. The first-order valence-corrected chi connectivity index (χ1v) is 3.69. The predicted molar refractivity (Wildman–Crippen MR) is 39.1 cm³/mol. The quantitative estimate of drug-likeness (QED) is 0.477. The predicted octanol–water partition coefficient (Wildman–Crippen LogP) is -1.72. The lowest BCUT2D eigenvalue weighted by atomic mass is 10.1. The van der Waals surface area contributed by atoms with Gasteiger partial charge in [0, 0.05) is 13.5 Å². The minimum Gasteiger partial charge on any atom is -0.394 e. The molecule has 5 heteroatoms. The van der Waals surface area contributed by atoms with Crippen molar-refractivity contribution in [2.45, 2.75) is 24.6 Å². The van der Waals surface area contributed by atoms with E-state index in [2.05, 4.69) is 0 Å². The molecule has 0 amide bonds. The summed E-state index contributed by atoms with van der Waals surface area (Å²) in [4.78, 5) is 0. The Morgan fingerprint density at radius 3 is 2.75 bits per heavy atom. The van der Waals surface area contributed by atoms with E-state index in [4.69, 9.17) is 19.7 Å². The lowest BCUT2D eigenvalue weighted by molar-refractivity contribution is -0.166. The van der Waals surface area contributed by atoms with Gasteiger partial charge in [-0.25, -0.2) is 0 Å². The molecule has 1 radical (unpaired) electrons. The summed E-state index contributed by atoms with van der Waals surface area (Å²) in [7, 11) is 1.40. The van der Waals surface area contributed by atoms with Crippen LogP contribution in [0.5, 0.6) is 0 Å². The number of hydrogen-bond acceptors (Lipinski definition) is 5. The van der Waals surface area contributed by atoms with E-state index in [-0.39, 0.29) is 0 Å².